The standard InChI is InChI=1S/C30H28N2O5S2/c1-4-37-30(35)27-25(20-13-11-19(2)12-14-20)17-39-29(27)32-26(33)18-38-24-10-6-8-22(16-24)31-28(34)21-7-5-9-23(15-21)36-3/h5-17H,4,18H2,1-3H3,(H,31,34)(H,32,33). The molecular weight excluding hydrogens is 532 g/mol. The quantitative estimate of drug-likeness (QED) is 0.162. The summed E-state index contributed by atoms with van der Waals surface area (Å²) in [5.41, 5.74) is 4.15. The number of anilines is 2. The molecule has 1 aromatic heterocycles. The molecule has 4 aromatic rings. The van der Waals surface area contributed by atoms with E-state index in [0.717, 1.165) is 21.6 Å². The Hall–Kier alpha value is -4.08. The second-order valence-corrected chi connectivity index (χ2v) is 10.4. The summed E-state index contributed by atoms with van der Waals surface area (Å²) in [6.07, 6.45) is 0. The molecule has 0 aliphatic carbocycles. The van der Waals surface area contributed by atoms with Crippen LogP contribution >= 0.6 is 23.1 Å². The Labute approximate surface area is 235 Å². The van der Waals surface area contributed by atoms with Crippen molar-refractivity contribution >= 4 is 51.6 Å². The molecule has 7 nitrogen and oxygen atoms in total. The maximum atomic E-state index is 12.9. The summed E-state index contributed by atoms with van der Waals surface area (Å²) in [6, 6.07) is 22.0. The number of thiophene rings is 1. The van der Waals surface area contributed by atoms with E-state index in [1.54, 1.807) is 50.4 Å². The van der Waals surface area contributed by atoms with Gasteiger partial charge in [-0.3, -0.25) is 9.59 Å². The van der Waals surface area contributed by atoms with Gasteiger partial charge in [-0.1, -0.05) is 42.0 Å². The van der Waals surface area contributed by atoms with Gasteiger partial charge in [0.1, 0.15) is 16.3 Å². The molecule has 0 radical (unpaired) electrons. The molecule has 0 spiro atoms. The smallest absolute Gasteiger partial charge is 0.341 e. The zero-order valence-electron chi connectivity index (χ0n) is 21.8. The monoisotopic (exact) mass is 560 g/mol. The molecule has 39 heavy (non-hydrogen) atoms. The fourth-order valence-electron chi connectivity index (χ4n) is 3.74. The van der Waals surface area contributed by atoms with Crippen molar-refractivity contribution in [1.29, 1.82) is 0 Å². The Morgan fingerprint density at radius 3 is 2.46 bits per heavy atom. The third kappa shape index (κ3) is 7.28. The number of esters is 1. The summed E-state index contributed by atoms with van der Waals surface area (Å²) < 4.78 is 10.5. The average molecular weight is 561 g/mol. The predicted octanol–water partition coefficient (Wildman–Crippen LogP) is 6.89. The minimum absolute atomic E-state index is 0.118. The van der Waals surface area contributed by atoms with Gasteiger partial charge in [-0.2, -0.15) is 0 Å². The van der Waals surface area contributed by atoms with Gasteiger partial charge >= 0.3 is 5.97 Å². The third-order valence-electron chi connectivity index (χ3n) is 5.68. The topological polar surface area (TPSA) is 93.7 Å². The van der Waals surface area contributed by atoms with E-state index in [0.29, 0.717) is 27.6 Å². The van der Waals surface area contributed by atoms with Crippen LogP contribution in [0.2, 0.25) is 0 Å². The van der Waals surface area contributed by atoms with Crippen LogP contribution in [0.5, 0.6) is 5.75 Å². The molecule has 0 atom stereocenters. The molecule has 0 saturated carbocycles. The predicted molar refractivity (Wildman–Crippen MR) is 157 cm³/mol. The number of methoxy groups -OCH3 is 1. The molecular formula is C30H28N2O5S2. The van der Waals surface area contributed by atoms with Gasteiger partial charge in [-0.15, -0.1) is 23.1 Å². The van der Waals surface area contributed by atoms with Gasteiger partial charge in [0.05, 0.1) is 19.5 Å². The molecule has 4 rings (SSSR count). The van der Waals surface area contributed by atoms with E-state index in [1.165, 1.54) is 23.1 Å². The van der Waals surface area contributed by atoms with E-state index >= 15 is 0 Å². The first-order valence-electron chi connectivity index (χ1n) is 12.2. The maximum Gasteiger partial charge on any atom is 0.341 e. The van der Waals surface area contributed by atoms with Crippen LogP contribution in [0, 0.1) is 6.92 Å². The van der Waals surface area contributed by atoms with Crippen LogP contribution < -0.4 is 15.4 Å². The summed E-state index contributed by atoms with van der Waals surface area (Å²) >= 11 is 2.62. The highest BCUT2D eigenvalue weighted by Crippen LogP contribution is 2.36. The second-order valence-electron chi connectivity index (χ2n) is 8.49. The number of carbonyl (C=O) groups is 3. The molecule has 0 aliphatic rings. The number of nitrogens with one attached hydrogen (secondary N) is 2. The van der Waals surface area contributed by atoms with E-state index in [2.05, 4.69) is 10.6 Å². The van der Waals surface area contributed by atoms with E-state index in [4.69, 9.17) is 9.47 Å². The fourth-order valence-corrected chi connectivity index (χ4v) is 5.47. The summed E-state index contributed by atoms with van der Waals surface area (Å²) in [5, 5.41) is 8.06. The van der Waals surface area contributed by atoms with Crippen molar-refractivity contribution in [3.8, 4) is 16.9 Å². The highest BCUT2D eigenvalue weighted by atomic mass is 32.2. The number of benzene rings is 3. The lowest BCUT2D eigenvalue weighted by molar-refractivity contribution is -0.113. The van der Waals surface area contributed by atoms with E-state index in [9.17, 15) is 14.4 Å². The van der Waals surface area contributed by atoms with Crippen molar-refractivity contribution in [2.24, 2.45) is 0 Å². The van der Waals surface area contributed by atoms with Crippen LogP contribution in [0.1, 0.15) is 33.2 Å². The molecule has 1 heterocycles. The van der Waals surface area contributed by atoms with Gasteiger partial charge < -0.3 is 20.1 Å². The SMILES string of the molecule is CCOC(=O)c1c(-c2ccc(C)cc2)csc1NC(=O)CSc1cccc(NC(=O)c2cccc(OC)c2)c1. The van der Waals surface area contributed by atoms with Gasteiger partial charge in [0.2, 0.25) is 5.91 Å². The summed E-state index contributed by atoms with van der Waals surface area (Å²) in [7, 11) is 1.55. The van der Waals surface area contributed by atoms with Crippen LogP contribution in [0.15, 0.2) is 83.1 Å². The number of rotatable bonds is 10. The zero-order chi connectivity index (χ0) is 27.8. The van der Waals surface area contributed by atoms with Crippen LogP contribution in [0.25, 0.3) is 11.1 Å². The Morgan fingerprint density at radius 1 is 0.949 bits per heavy atom. The Bertz CT molecular complexity index is 1480. The van der Waals surface area contributed by atoms with Crippen LogP contribution in [0.3, 0.4) is 0 Å². The molecule has 2 N–H and O–H groups in total. The number of hydrogen-bond donors (Lipinski definition) is 2. The van der Waals surface area contributed by atoms with Gasteiger partial charge in [0.15, 0.2) is 0 Å². The lowest BCUT2D eigenvalue weighted by Gasteiger charge is -2.10. The van der Waals surface area contributed by atoms with Crippen molar-refractivity contribution in [1.82, 2.24) is 0 Å². The molecule has 0 bridgehead atoms. The summed E-state index contributed by atoms with van der Waals surface area (Å²) in [4.78, 5) is 39.1. The van der Waals surface area contributed by atoms with Crippen molar-refractivity contribution in [3.05, 3.63) is 94.9 Å². The first-order valence-corrected chi connectivity index (χ1v) is 14.1. The van der Waals surface area contributed by atoms with Gasteiger partial charge in [0.25, 0.3) is 5.91 Å². The normalized spacial score (nSPS) is 10.5. The van der Waals surface area contributed by atoms with Gasteiger partial charge in [-0.25, -0.2) is 4.79 Å². The highest BCUT2D eigenvalue weighted by Gasteiger charge is 2.23. The molecule has 3 aromatic carbocycles. The molecule has 0 aliphatic heterocycles. The van der Waals surface area contributed by atoms with E-state index in [-0.39, 0.29) is 24.2 Å². The Morgan fingerprint density at radius 2 is 1.72 bits per heavy atom. The number of hydrogen-bond acceptors (Lipinski definition) is 7. The minimum atomic E-state index is -0.475. The first kappa shape index (κ1) is 27.9. The van der Waals surface area contributed by atoms with Gasteiger partial charge in [-0.05, 0) is 55.8 Å². The van der Waals surface area contributed by atoms with Gasteiger partial charge in [0, 0.05) is 27.1 Å². The lowest BCUT2D eigenvalue weighted by atomic mass is 10.0. The zero-order valence-corrected chi connectivity index (χ0v) is 23.4. The Balaban J connectivity index is 1.42. The largest absolute Gasteiger partial charge is 0.497 e. The van der Waals surface area contributed by atoms with Crippen LogP contribution in [-0.2, 0) is 9.53 Å². The molecule has 0 unspecified atom stereocenters. The van der Waals surface area contributed by atoms with Crippen LogP contribution in [0.4, 0.5) is 10.7 Å². The van der Waals surface area contributed by atoms with Crippen molar-refractivity contribution in [3.63, 3.8) is 0 Å². The van der Waals surface area contributed by atoms with Crippen molar-refractivity contribution < 1.29 is 23.9 Å². The average Bonchev–Trinajstić information content (AvgIpc) is 3.36. The summed E-state index contributed by atoms with van der Waals surface area (Å²) in [5.74, 6) is -0.276. The number of amides is 2. The number of aryl methyl sites for hydroxylation is 1. The number of thioether (sulfide) groups is 1. The van der Waals surface area contributed by atoms with E-state index in [1.807, 2.05) is 48.7 Å². The first-order chi connectivity index (χ1) is 18.9. The second kappa shape index (κ2) is 13.1. The maximum absolute atomic E-state index is 12.9. The fraction of sp³-hybridized carbons (Fsp3) is 0.167. The molecule has 9 heteroatoms. The van der Waals surface area contributed by atoms with E-state index < -0.39 is 5.97 Å². The number of carbonyl (C=O) groups excluding carboxylic acids is 3. The molecule has 2 amide bonds. The van der Waals surface area contributed by atoms with Crippen molar-refractivity contribution in [2.45, 2.75) is 18.7 Å². The minimum Gasteiger partial charge on any atom is -0.497 e. The summed E-state index contributed by atoms with van der Waals surface area (Å²) in [6.45, 7) is 3.98. The van der Waals surface area contributed by atoms with Crippen molar-refractivity contribution in [2.75, 3.05) is 30.1 Å². The molecule has 0 saturated heterocycles. The third-order valence-corrected chi connectivity index (χ3v) is 7.57. The Kier molecular flexibility index (Phi) is 9.40. The van der Waals surface area contributed by atoms with Crippen LogP contribution in [-0.4, -0.2) is 37.3 Å². The lowest BCUT2D eigenvalue weighted by Crippen LogP contribution is -2.16. The molecule has 0 fully saturated rings. The highest BCUT2D eigenvalue weighted by molar-refractivity contribution is 8.00. The number of ether oxygens (including phenoxy) is 2. The molecule has 200 valence electrons.